The first kappa shape index (κ1) is 16.3. The van der Waals surface area contributed by atoms with Gasteiger partial charge in [-0.05, 0) is 73.5 Å². The number of hydrogen-bond donors (Lipinski definition) is 0. The van der Waals surface area contributed by atoms with E-state index in [1.807, 2.05) is 6.07 Å². The molecule has 1 fully saturated rings. The van der Waals surface area contributed by atoms with Crippen molar-refractivity contribution < 1.29 is 4.79 Å². The Hall–Kier alpha value is -2.19. The average Bonchev–Trinajstić information content (AvgIpc) is 2.78. The van der Waals surface area contributed by atoms with Crippen LogP contribution in [-0.2, 0) is 12.8 Å². The van der Waals surface area contributed by atoms with Crippen molar-refractivity contribution in [1.29, 1.82) is 0 Å². The van der Waals surface area contributed by atoms with Gasteiger partial charge in [-0.25, -0.2) is 0 Å². The van der Waals surface area contributed by atoms with Crippen LogP contribution in [0, 0.1) is 6.92 Å². The average molecular weight is 331 g/mol. The molecule has 2 aromatic carbocycles. The number of piperidine rings is 1. The molecule has 1 aliphatic carbocycles. The molecule has 0 amide bonds. The highest BCUT2D eigenvalue weighted by Crippen LogP contribution is 2.39. The molecule has 2 heteroatoms. The zero-order valence-corrected chi connectivity index (χ0v) is 15.1. The highest BCUT2D eigenvalue weighted by Gasteiger charge is 2.23. The van der Waals surface area contributed by atoms with Crippen LogP contribution in [-0.4, -0.2) is 31.3 Å². The van der Waals surface area contributed by atoms with Gasteiger partial charge in [-0.15, -0.1) is 0 Å². The lowest BCUT2D eigenvalue weighted by atomic mass is 9.85. The van der Waals surface area contributed by atoms with Crippen molar-refractivity contribution in [2.45, 2.75) is 32.6 Å². The van der Waals surface area contributed by atoms with Crippen molar-refractivity contribution in [2.24, 2.45) is 0 Å². The molecule has 0 radical (unpaired) electrons. The van der Waals surface area contributed by atoms with Crippen LogP contribution in [0.3, 0.4) is 0 Å². The standard InChI is InChI=1S/C23H25NO/c1-16-3-5-18-7-8-19-6-4-17(15-25)14-22(19)23(21(18)13-16)20-9-11-24(2)12-10-20/h3-6,13-15H,7-12H2,1-2H3. The summed E-state index contributed by atoms with van der Waals surface area (Å²) in [7, 11) is 2.20. The molecule has 2 aromatic rings. The summed E-state index contributed by atoms with van der Waals surface area (Å²) in [6.45, 7) is 4.40. The summed E-state index contributed by atoms with van der Waals surface area (Å²) >= 11 is 0. The van der Waals surface area contributed by atoms with Crippen molar-refractivity contribution in [3.05, 3.63) is 75.4 Å². The maximum atomic E-state index is 11.4. The largest absolute Gasteiger partial charge is 0.306 e. The van der Waals surface area contributed by atoms with E-state index >= 15 is 0 Å². The zero-order chi connectivity index (χ0) is 17.4. The molecular weight excluding hydrogens is 306 g/mol. The quantitative estimate of drug-likeness (QED) is 0.720. The molecular formula is C23H25NO. The minimum absolute atomic E-state index is 0.779. The van der Waals surface area contributed by atoms with E-state index in [1.54, 1.807) is 5.57 Å². The van der Waals surface area contributed by atoms with Gasteiger partial charge >= 0.3 is 0 Å². The second-order valence-electron chi connectivity index (χ2n) is 7.48. The Morgan fingerprint density at radius 2 is 1.52 bits per heavy atom. The first-order valence-electron chi connectivity index (χ1n) is 9.24. The summed E-state index contributed by atoms with van der Waals surface area (Å²) in [6.07, 6.45) is 5.31. The number of aryl methyl sites for hydroxylation is 3. The third kappa shape index (κ3) is 3.07. The topological polar surface area (TPSA) is 20.3 Å². The van der Waals surface area contributed by atoms with Crippen molar-refractivity contribution in [1.82, 2.24) is 4.90 Å². The van der Waals surface area contributed by atoms with Crippen LogP contribution in [0.15, 0.2) is 42.0 Å². The van der Waals surface area contributed by atoms with E-state index in [2.05, 4.69) is 49.2 Å². The summed E-state index contributed by atoms with van der Waals surface area (Å²) in [4.78, 5) is 13.8. The van der Waals surface area contributed by atoms with Crippen LogP contribution in [0.2, 0.25) is 0 Å². The predicted octanol–water partition coefficient (Wildman–Crippen LogP) is 4.43. The van der Waals surface area contributed by atoms with Gasteiger partial charge in [0.2, 0.25) is 0 Å². The van der Waals surface area contributed by atoms with Gasteiger partial charge in [0.15, 0.2) is 0 Å². The number of likely N-dealkylation sites (tertiary alicyclic amines) is 1. The number of aldehydes is 1. The van der Waals surface area contributed by atoms with Crippen molar-refractivity contribution in [2.75, 3.05) is 20.1 Å². The molecule has 0 N–H and O–H groups in total. The maximum Gasteiger partial charge on any atom is 0.150 e. The summed E-state index contributed by atoms with van der Waals surface area (Å²) in [5, 5.41) is 0. The fourth-order valence-electron chi connectivity index (χ4n) is 4.19. The Kier molecular flexibility index (Phi) is 4.30. The monoisotopic (exact) mass is 331 g/mol. The highest BCUT2D eigenvalue weighted by atomic mass is 16.1. The highest BCUT2D eigenvalue weighted by molar-refractivity contribution is 5.88. The molecule has 0 bridgehead atoms. The van der Waals surface area contributed by atoms with Gasteiger partial charge in [0, 0.05) is 18.7 Å². The lowest BCUT2D eigenvalue weighted by Crippen LogP contribution is -2.27. The Morgan fingerprint density at radius 1 is 0.880 bits per heavy atom. The normalized spacial score (nSPS) is 17.7. The van der Waals surface area contributed by atoms with Crippen molar-refractivity contribution in [3.63, 3.8) is 0 Å². The molecule has 1 saturated heterocycles. The van der Waals surface area contributed by atoms with E-state index in [9.17, 15) is 4.79 Å². The smallest absolute Gasteiger partial charge is 0.150 e. The molecule has 0 spiro atoms. The minimum atomic E-state index is 0.779. The van der Waals surface area contributed by atoms with Crippen molar-refractivity contribution in [3.8, 4) is 0 Å². The van der Waals surface area contributed by atoms with Gasteiger partial charge in [0.05, 0.1) is 0 Å². The Labute approximate surface area is 150 Å². The first-order chi connectivity index (χ1) is 12.2. The minimum Gasteiger partial charge on any atom is -0.306 e. The van der Waals surface area contributed by atoms with Crippen LogP contribution in [0.5, 0.6) is 0 Å². The van der Waals surface area contributed by atoms with Crippen LogP contribution < -0.4 is 0 Å². The van der Waals surface area contributed by atoms with Crippen LogP contribution in [0.1, 0.15) is 51.0 Å². The van der Waals surface area contributed by atoms with Crippen LogP contribution >= 0.6 is 0 Å². The first-order valence-corrected chi connectivity index (χ1v) is 9.24. The van der Waals surface area contributed by atoms with E-state index < -0.39 is 0 Å². The molecule has 0 atom stereocenters. The molecule has 128 valence electrons. The van der Waals surface area contributed by atoms with Crippen LogP contribution in [0.25, 0.3) is 5.57 Å². The summed E-state index contributed by atoms with van der Waals surface area (Å²) in [5.41, 5.74) is 10.5. The number of rotatable bonds is 1. The van der Waals surface area contributed by atoms with E-state index in [-0.39, 0.29) is 0 Å². The van der Waals surface area contributed by atoms with Gasteiger partial charge in [-0.2, -0.15) is 0 Å². The van der Waals surface area contributed by atoms with E-state index in [0.717, 1.165) is 50.6 Å². The lowest BCUT2D eigenvalue weighted by Gasteiger charge is -2.27. The number of carbonyl (C=O) groups excluding carboxylic acids is 1. The predicted molar refractivity (Wildman–Crippen MR) is 103 cm³/mol. The fraction of sp³-hybridized carbons (Fsp3) is 0.348. The van der Waals surface area contributed by atoms with Gasteiger partial charge < -0.3 is 4.90 Å². The number of fused-ring (bicyclic) bond motifs is 2. The van der Waals surface area contributed by atoms with Crippen molar-refractivity contribution >= 4 is 11.9 Å². The molecule has 1 heterocycles. The number of benzene rings is 2. The zero-order valence-electron chi connectivity index (χ0n) is 15.1. The Morgan fingerprint density at radius 3 is 2.20 bits per heavy atom. The summed E-state index contributed by atoms with van der Waals surface area (Å²) < 4.78 is 0. The summed E-state index contributed by atoms with van der Waals surface area (Å²) in [6, 6.07) is 13.1. The molecule has 25 heavy (non-hydrogen) atoms. The molecule has 0 aromatic heterocycles. The molecule has 2 nitrogen and oxygen atoms in total. The fourth-order valence-corrected chi connectivity index (χ4v) is 4.19. The van der Waals surface area contributed by atoms with Gasteiger partial charge in [-0.3, -0.25) is 4.79 Å². The van der Waals surface area contributed by atoms with Gasteiger partial charge in [0.1, 0.15) is 6.29 Å². The third-order valence-corrected chi connectivity index (χ3v) is 5.68. The number of carbonyl (C=O) groups is 1. The van der Waals surface area contributed by atoms with Gasteiger partial charge in [0.25, 0.3) is 0 Å². The second-order valence-corrected chi connectivity index (χ2v) is 7.48. The molecule has 1 aliphatic heterocycles. The van der Waals surface area contributed by atoms with Gasteiger partial charge in [-0.1, -0.05) is 41.5 Å². The summed E-state index contributed by atoms with van der Waals surface area (Å²) in [5.74, 6) is 0. The Bertz CT molecular complexity index is 852. The van der Waals surface area contributed by atoms with E-state index in [4.69, 9.17) is 0 Å². The lowest BCUT2D eigenvalue weighted by molar-refractivity contribution is 0.112. The molecule has 2 aliphatic rings. The number of hydrogen-bond acceptors (Lipinski definition) is 2. The second kappa shape index (κ2) is 6.61. The van der Waals surface area contributed by atoms with Crippen LogP contribution in [0.4, 0.5) is 0 Å². The SMILES string of the molecule is Cc1ccc2c(c1)C(=C1CCN(C)CC1)c1cc(C=O)ccc1CC2. The number of nitrogens with zero attached hydrogens (tertiary/aromatic N) is 1. The maximum absolute atomic E-state index is 11.4. The third-order valence-electron chi connectivity index (χ3n) is 5.68. The molecule has 4 rings (SSSR count). The molecule has 0 unspecified atom stereocenters. The molecule has 0 saturated carbocycles. The van der Waals surface area contributed by atoms with E-state index in [1.165, 1.54) is 33.4 Å². The van der Waals surface area contributed by atoms with E-state index in [0.29, 0.717) is 0 Å². The Balaban J connectivity index is 1.97.